The molecule has 0 spiro atoms. The van der Waals surface area contributed by atoms with Gasteiger partial charge in [0.1, 0.15) is 5.82 Å². The minimum Gasteiger partial charge on any atom is -0.294 e. The SMILES string of the molecule is O=C(Cc1ccc(F)cc1Cl)c1cccc(Cl)c1Cl. The van der Waals surface area contributed by atoms with Crippen LogP contribution in [0.4, 0.5) is 4.39 Å². The monoisotopic (exact) mass is 316 g/mol. The molecule has 0 bridgehead atoms. The van der Waals surface area contributed by atoms with Crippen molar-refractivity contribution in [1.82, 2.24) is 0 Å². The van der Waals surface area contributed by atoms with Gasteiger partial charge in [-0.2, -0.15) is 0 Å². The van der Waals surface area contributed by atoms with Gasteiger partial charge in [0.2, 0.25) is 0 Å². The van der Waals surface area contributed by atoms with E-state index in [1.54, 1.807) is 18.2 Å². The third kappa shape index (κ3) is 3.27. The summed E-state index contributed by atoms with van der Waals surface area (Å²) in [5, 5.41) is 0.747. The van der Waals surface area contributed by atoms with Gasteiger partial charge in [-0.15, -0.1) is 0 Å². The summed E-state index contributed by atoms with van der Waals surface area (Å²) in [5.41, 5.74) is 0.874. The van der Waals surface area contributed by atoms with E-state index in [9.17, 15) is 9.18 Å². The van der Waals surface area contributed by atoms with E-state index in [0.717, 1.165) is 0 Å². The first kappa shape index (κ1) is 14.3. The highest BCUT2D eigenvalue weighted by molar-refractivity contribution is 6.44. The molecule has 0 fully saturated rings. The molecule has 0 unspecified atom stereocenters. The maximum atomic E-state index is 12.9. The van der Waals surface area contributed by atoms with E-state index in [2.05, 4.69) is 0 Å². The molecule has 0 aliphatic carbocycles. The molecule has 0 amide bonds. The summed E-state index contributed by atoms with van der Waals surface area (Å²) in [6.07, 6.45) is 0.0408. The number of Topliss-reactive ketones (excluding diaryl/α,β-unsaturated/α-hetero) is 1. The third-order valence-electron chi connectivity index (χ3n) is 2.62. The number of rotatable bonds is 3. The number of halogens is 4. The number of carbonyl (C=O) groups is 1. The molecule has 0 aliphatic heterocycles. The zero-order valence-electron chi connectivity index (χ0n) is 9.59. The molecule has 19 heavy (non-hydrogen) atoms. The van der Waals surface area contributed by atoms with Crippen LogP contribution < -0.4 is 0 Å². The van der Waals surface area contributed by atoms with Crippen LogP contribution in [0, 0.1) is 5.82 Å². The maximum Gasteiger partial charge on any atom is 0.168 e. The molecule has 0 heterocycles. The molecular formula is C14H8Cl3FO. The maximum absolute atomic E-state index is 12.9. The fourth-order valence-electron chi connectivity index (χ4n) is 1.65. The van der Waals surface area contributed by atoms with Gasteiger partial charge in [-0.05, 0) is 29.8 Å². The Bertz CT molecular complexity index is 641. The number of benzene rings is 2. The van der Waals surface area contributed by atoms with E-state index in [-0.39, 0.29) is 22.2 Å². The first-order valence-electron chi connectivity index (χ1n) is 5.40. The predicted octanol–water partition coefficient (Wildman–Crippen LogP) is 5.21. The van der Waals surface area contributed by atoms with E-state index in [1.807, 2.05) is 0 Å². The summed E-state index contributed by atoms with van der Waals surface area (Å²) in [7, 11) is 0. The number of hydrogen-bond acceptors (Lipinski definition) is 1. The molecule has 0 aliphatic rings. The molecule has 1 nitrogen and oxygen atoms in total. The Hall–Kier alpha value is -1.09. The zero-order chi connectivity index (χ0) is 14.0. The number of carbonyl (C=O) groups excluding carboxylic acids is 1. The molecule has 0 atom stereocenters. The lowest BCUT2D eigenvalue weighted by molar-refractivity contribution is 0.0993. The molecule has 98 valence electrons. The summed E-state index contributed by atoms with van der Waals surface area (Å²) in [6.45, 7) is 0. The van der Waals surface area contributed by atoms with Crippen LogP contribution in [0.1, 0.15) is 15.9 Å². The molecule has 5 heteroatoms. The van der Waals surface area contributed by atoms with Gasteiger partial charge < -0.3 is 0 Å². The molecule has 0 saturated heterocycles. The molecule has 0 radical (unpaired) electrons. The second kappa shape index (κ2) is 5.91. The molecule has 0 saturated carbocycles. The van der Waals surface area contributed by atoms with Crippen molar-refractivity contribution in [3.8, 4) is 0 Å². The molecule has 0 N–H and O–H groups in total. The summed E-state index contributed by atoms with van der Waals surface area (Å²) >= 11 is 17.7. The normalized spacial score (nSPS) is 10.5. The zero-order valence-corrected chi connectivity index (χ0v) is 11.9. The van der Waals surface area contributed by atoms with Crippen LogP contribution in [0.15, 0.2) is 36.4 Å². The van der Waals surface area contributed by atoms with Gasteiger partial charge in [0.25, 0.3) is 0 Å². The van der Waals surface area contributed by atoms with Crippen molar-refractivity contribution in [3.05, 3.63) is 68.4 Å². The Morgan fingerprint density at radius 1 is 1.05 bits per heavy atom. The van der Waals surface area contributed by atoms with E-state index in [1.165, 1.54) is 18.2 Å². The highest BCUT2D eigenvalue weighted by atomic mass is 35.5. The summed E-state index contributed by atoms with van der Waals surface area (Å²) in [4.78, 5) is 12.1. The average Bonchev–Trinajstić information content (AvgIpc) is 2.36. The standard InChI is InChI=1S/C14H8Cl3FO/c15-11-3-1-2-10(14(11)17)13(19)6-8-4-5-9(18)7-12(8)16/h1-5,7H,6H2. The molecular weight excluding hydrogens is 310 g/mol. The van der Waals surface area contributed by atoms with Crippen LogP contribution in [0.2, 0.25) is 15.1 Å². The molecule has 0 aromatic heterocycles. The number of hydrogen-bond donors (Lipinski definition) is 0. The second-order valence-corrected chi connectivity index (χ2v) is 5.13. The van der Waals surface area contributed by atoms with Crippen molar-refractivity contribution in [1.29, 1.82) is 0 Å². The highest BCUT2D eigenvalue weighted by Crippen LogP contribution is 2.27. The van der Waals surface area contributed by atoms with E-state index in [0.29, 0.717) is 16.1 Å². The highest BCUT2D eigenvalue weighted by Gasteiger charge is 2.14. The smallest absolute Gasteiger partial charge is 0.168 e. The van der Waals surface area contributed by atoms with Crippen molar-refractivity contribution in [2.24, 2.45) is 0 Å². The minimum absolute atomic E-state index is 0.0408. The van der Waals surface area contributed by atoms with E-state index < -0.39 is 5.82 Å². The lowest BCUT2D eigenvalue weighted by Crippen LogP contribution is -2.05. The fraction of sp³-hybridized carbons (Fsp3) is 0.0714. The Morgan fingerprint density at radius 3 is 2.47 bits per heavy atom. The fourth-order valence-corrected chi connectivity index (χ4v) is 2.29. The van der Waals surface area contributed by atoms with Crippen LogP contribution in [-0.4, -0.2) is 5.78 Å². The second-order valence-electron chi connectivity index (χ2n) is 3.94. The van der Waals surface area contributed by atoms with Gasteiger partial charge in [0.05, 0.1) is 10.0 Å². The Morgan fingerprint density at radius 2 is 1.79 bits per heavy atom. The van der Waals surface area contributed by atoms with Crippen molar-refractivity contribution < 1.29 is 9.18 Å². The summed E-state index contributed by atoms with van der Waals surface area (Å²) < 4.78 is 12.9. The van der Waals surface area contributed by atoms with Gasteiger partial charge in [-0.1, -0.05) is 46.9 Å². The van der Waals surface area contributed by atoms with Crippen molar-refractivity contribution >= 4 is 40.6 Å². The minimum atomic E-state index is -0.443. The molecule has 2 aromatic rings. The van der Waals surface area contributed by atoms with E-state index in [4.69, 9.17) is 34.8 Å². The van der Waals surface area contributed by atoms with Crippen molar-refractivity contribution in [3.63, 3.8) is 0 Å². The Labute approximate surface area is 124 Å². The largest absolute Gasteiger partial charge is 0.294 e. The van der Waals surface area contributed by atoms with Gasteiger partial charge in [0, 0.05) is 17.0 Å². The molecule has 2 aromatic carbocycles. The van der Waals surface area contributed by atoms with Crippen LogP contribution in [-0.2, 0) is 6.42 Å². The van der Waals surface area contributed by atoms with Crippen molar-refractivity contribution in [2.45, 2.75) is 6.42 Å². The average molecular weight is 318 g/mol. The van der Waals surface area contributed by atoms with Crippen LogP contribution in [0.3, 0.4) is 0 Å². The first-order valence-corrected chi connectivity index (χ1v) is 6.53. The predicted molar refractivity (Wildman–Crippen MR) is 75.9 cm³/mol. The Kier molecular flexibility index (Phi) is 4.46. The van der Waals surface area contributed by atoms with E-state index >= 15 is 0 Å². The van der Waals surface area contributed by atoms with Crippen LogP contribution in [0.25, 0.3) is 0 Å². The first-order chi connectivity index (χ1) is 8.99. The van der Waals surface area contributed by atoms with Gasteiger partial charge in [-0.25, -0.2) is 4.39 Å². The Balaban J connectivity index is 2.28. The summed E-state index contributed by atoms with van der Waals surface area (Å²) in [6, 6.07) is 8.75. The summed E-state index contributed by atoms with van der Waals surface area (Å²) in [5.74, 6) is -0.664. The van der Waals surface area contributed by atoms with Gasteiger partial charge >= 0.3 is 0 Å². The van der Waals surface area contributed by atoms with Crippen molar-refractivity contribution in [2.75, 3.05) is 0 Å². The van der Waals surface area contributed by atoms with Gasteiger partial charge in [-0.3, -0.25) is 4.79 Å². The quantitative estimate of drug-likeness (QED) is 0.710. The van der Waals surface area contributed by atoms with Crippen LogP contribution in [0.5, 0.6) is 0 Å². The lowest BCUT2D eigenvalue weighted by Gasteiger charge is -2.06. The molecule has 2 rings (SSSR count). The third-order valence-corrected chi connectivity index (χ3v) is 3.79. The van der Waals surface area contributed by atoms with Crippen LogP contribution >= 0.6 is 34.8 Å². The lowest BCUT2D eigenvalue weighted by atomic mass is 10.0. The topological polar surface area (TPSA) is 17.1 Å². The van der Waals surface area contributed by atoms with Gasteiger partial charge in [0.15, 0.2) is 5.78 Å². The number of ketones is 1.